The number of anilines is 2. The maximum Gasteiger partial charge on any atom is 0.262 e. The van der Waals surface area contributed by atoms with Crippen LogP contribution in [0.5, 0.6) is 5.75 Å². The van der Waals surface area contributed by atoms with Gasteiger partial charge in [0, 0.05) is 18.3 Å². The number of ether oxygens (including phenoxy) is 1. The second kappa shape index (κ2) is 7.09. The van der Waals surface area contributed by atoms with Crippen molar-refractivity contribution >= 4 is 23.2 Å². The molecule has 5 heteroatoms. The molecule has 0 radical (unpaired) electrons. The van der Waals surface area contributed by atoms with E-state index >= 15 is 0 Å². The van der Waals surface area contributed by atoms with Crippen LogP contribution in [0.3, 0.4) is 0 Å². The van der Waals surface area contributed by atoms with Gasteiger partial charge in [0.05, 0.1) is 0 Å². The topological polar surface area (TPSA) is 67.4 Å². The molecule has 0 atom stereocenters. The number of amides is 2. The highest BCUT2D eigenvalue weighted by molar-refractivity contribution is 5.93. The molecule has 0 aliphatic carbocycles. The number of rotatable bonds is 5. The third kappa shape index (κ3) is 4.99. The van der Waals surface area contributed by atoms with Gasteiger partial charge in [-0.3, -0.25) is 9.59 Å². The van der Waals surface area contributed by atoms with Crippen LogP contribution in [0.15, 0.2) is 54.6 Å². The molecular weight excluding hydrogens is 268 g/mol. The number of carbonyl (C=O) groups excluding carboxylic acids is 2. The molecular formula is C16H16N2O3. The summed E-state index contributed by atoms with van der Waals surface area (Å²) in [5, 5.41) is 5.37. The summed E-state index contributed by atoms with van der Waals surface area (Å²) in [5.74, 6) is 0.267. The Hall–Kier alpha value is -2.82. The van der Waals surface area contributed by atoms with Crippen molar-refractivity contribution < 1.29 is 14.3 Å². The molecule has 2 aromatic carbocycles. The van der Waals surface area contributed by atoms with Crippen LogP contribution < -0.4 is 15.4 Å². The van der Waals surface area contributed by atoms with Crippen molar-refractivity contribution in [2.75, 3.05) is 17.2 Å². The number of nitrogens with one attached hydrogen (secondary N) is 2. The van der Waals surface area contributed by atoms with Crippen LogP contribution in [0.4, 0.5) is 11.4 Å². The van der Waals surface area contributed by atoms with Gasteiger partial charge in [0.25, 0.3) is 5.91 Å². The normalized spacial score (nSPS) is 9.76. The average Bonchev–Trinajstić information content (AvgIpc) is 2.48. The summed E-state index contributed by atoms with van der Waals surface area (Å²) < 4.78 is 5.35. The lowest BCUT2D eigenvalue weighted by atomic mass is 10.2. The molecule has 5 nitrogen and oxygen atoms in total. The van der Waals surface area contributed by atoms with Gasteiger partial charge in [0.2, 0.25) is 5.91 Å². The van der Waals surface area contributed by atoms with Crippen LogP contribution in [0.2, 0.25) is 0 Å². The standard InChI is InChI=1S/C16H16N2O3/c1-12(19)17-13-7-9-14(10-8-13)18-16(20)11-21-15-5-3-2-4-6-15/h2-10H,11H2,1H3,(H,17,19)(H,18,20). The predicted molar refractivity (Wildman–Crippen MR) is 81.3 cm³/mol. The summed E-state index contributed by atoms with van der Waals surface area (Å²) >= 11 is 0. The highest BCUT2D eigenvalue weighted by Gasteiger charge is 2.04. The van der Waals surface area contributed by atoms with Crippen molar-refractivity contribution in [2.45, 2.75) is 6.92 Å². The molecule has 108 valence electrons. The first-order chi connectivity index (χ1) is 10.1. The first-order valence-electron chi connectivity index (χ1n) is 6.49. The monoisotopic (exact) mass is 284 g/mol. The molecule has 2 rings (SSSR count). The van der Waals surface area contributed by atoms with E-state index in [1.807, 2.05) is 18.2 Å². The van der Waals surface area contributed by atoms with Crippen LogP contribution in [-0.4, -0.2) is 18.4 Å². The van der Waals surface area contributed by atoms with Crippen molar-refractivity contribution in [1.82, 2.24) is 0 Å². The molecule has 0 unspecified atom stereocenters. The molecule has 0 heterocycles. The average molecular weight is 284 g/mol. The van der Waals surface area contributed by atoms with E-state index in [0.717, 1.165) is 0 Å². The molecule has 2 aromatic rings. The number of benzene rings is 2. The SMILES string of the molecule is CC(=O)Nc1ccc(NC(=O)COc2ccccc2)cc1. The molecule has 21 heavy (non-hydrogen) atoms. The minimum absolute atomic E-state index is 0.0581. The Morgan fingerprint density at radius 2 is 1.48 bits per heavy atom. The van der Waals surface area contributed by atoms with Gasteiger partial charge in [0.15, 0.2) is 6.61 Å². The van der Waals surface area contributed by atoms with E-state index < -0.39 is 0 Å². The summed E-state index contributed by atoms with van der Waals surface area (Å²) in [6.07, 6.45) is 0. The molecule has 0 saturated heterocycles. The quantitative estimate of drug-likeness (QED) is 0.887. The Kier molecular flexibility index (Phi) is 4.93. The summed E-state index contributed by atoms with van der Waals surface area (Å²) in [6.45, 7) is 1.38. The Labute approximate surface area is 122 Å². The van der Waals surface area contributed by atoms with E-state index in [1.165, 1.54) is 6.92 Å². The molecule has 2 N–H and O–H groups in total. The molecule has 0 spiro atoms. The molecule has 0 fully saturated rings. The van der Waals surface area contributed by atoms with Gasteiger partial charge in [-0.1, -0.05) is 18.2 Å². The Balaban J connectivity index is 1.83. The fourth-order valence-corrected chi connectivity index (χ4v) is 1.70. The molecule has 0 bridgehead atoms. The van der Waals surface area contributed by atoms with E-state index in [-0.39, 0.29) is 18.4 Å². The Bertz CT molecular complexity index is 609. The van der Waals surface area contributed by atoms with Gasteiger partial charge in [-0.15, -0.1) is 0 Å². The van der Waals surface area contributed by atoms with Crippen molar-refractivity contribution in [3.8, 4) is 5.75 Å². The van der Waals surface area contributed by atoms with E-state index in [0.29, 0.717) is 17.1 Å². The highest BCUT2D eigenvalue weighted by atomic mass is 16.5. The lowest BCUT2D eigenvalue weighted by Gasteiger charge is -2.08. The zero-order valence-corrected chi connectivity index (χ0v) is 11.6. The second-order valence-electron chi connectivity index (χ2n) is 4.41. The third-order valence-corrected chi connectivity index (χ3v) is 2.60. The Morgan fingerprint density at radius 1 is 0.905 bits per heavy atom. The van der Waals surface area contributed by atoms with E-state index in [2.05, 4.69) is 10.6 Å². The van der Waals surface area contributed by atoms with Gasteiger partial charge < -0.3 is 15.4 Å². The largest absolute Gasteiger partial charge is 0.484 e. The number of hydrogen-bond donors (Lipinski definition) is 2. The van der Waals surface area contributed by atoms with Crippen LogP contribution in [0.1, 0.15) is 6.92 Å². The summed E-state index contributed by atoms with van der Waals surface area (Å²) in [6, 6.07) is 16.0. The second-order valence-corrected chi connectivity index (χ2v) is 4.41. The maximum atomic E-state index is 11.7. The van der Waals surface area contributed by atoms with Crippen LogP contribution in [-0.2, 0) is 9.59 Å². The number of para-hydroxylation sites is 1. The third-order valence-electron chi connectivity index (χ3n) is 2.60. The lowest BCUT2D eigenvalue weighted by molar-refractivity contribution is -0.118. The smallest absolute Gasteiger partial charge is 0.262 e. The van der Waals surface area contributed by atoms with Crippen molar-refractivity contribution in [3.63, 3.8) is 0 Å². The van der Waals surface area contributed by atoms with Gasteiger partial charge >= 0.3 is 0 Å². The van der Waals surface area contributed by atoms with E-state index in [1.54, 1.807) is 36.4 Å². The first-order valence-corrected chi connectivity index (χ1v) is 6.49. The Morgan fingerprint density at radius 3 is 2.05 bits per heavy atom. The van der Waals surface area contributed by atoms with Crippen molar-refractivity contribution in [2.24, 2.45) is 0 Å². The van der Waals surface area contributed by atoms with Gasteiger partial charge in [0.1, 0.15) is 5.75 Å². The molecule has 2 amide bonds. The molecule has 0 aromatic heterocycles. The zero-order chi connectivity index (χ0) is 15.1. The van der Waals surface area contributed by atoms with Crippen molar-refractivity contribution in [1.29, 1.82) is 0 Å². The van der Waals surface area contributed by atoms with Crippen LogP contribution in [0, 0.1) is 0 Å². The van der Waals surface area contributed by atoms with Gasteiger partial charge in [-0.25, -0.2) is 0 Å². The molecule has 0 aliphatic rings. The fourth-order valence-electron chi connectivity index (χ4n) is 1.70. The van der Waals surface area contributed by atoms with Crippen molar-refractivity contribution in [3.05, 3.63) is 54.6 Å². The van der Waals surface area contributed by atoms with E-state index in [9.17, 15) is 9.59 Å². The molecule has 0 aliphatic heterocycles. The summed E-state index contributed by atoms with van der Waals surface area (Å²) in [4.78, 5) is 22.6. The van der Waals surface area contributed by atoms with E-state index in [4.69, 9.17) is 4.74 Å². The summed E-state index contributed by atoms with van der Waals surface area (Å²) in [7, 11) is 0. The fraction of sp³-hybridized carbons (Fsp3) is 0.125. The predicted octanol–water partition coefficient (Wildman–Crippen LogP) is 2.66. The minimum atomic E-state index is -0.244. The van der Waals surface area contributed by atoms with Gasteiger partial charge in [-0.2, -0.15) is 0 Å². The highest BCUT2D eigenvalue weighted by Crippen LogP contribution is 2.14. The molecule has 0 saturated carbocycles. The first kappa shape index (κ1) is 14.6. The number of carbonyl (C=O) groups is 2. The van der Waals surface area contributed by atoms with Crippen LogP contribution >= 0.6 is 0 Å². The zero-order valence-electron chi connectivity index (χ0n) is 11.6. The summed E-state index contributed by atoms with van der Waals surface area (Å²) in [5.41, 5.74) is 1.33. The van der Waals surface area contributed by atoms with Crippen LogP contribution in [0.25, 0.3) is 0 Å². The minimum Gasteiger partial charge on any atom is -0.484 e. The lowest BCUT2D eigenvalue weighted by Crippen LogP contribution is -2.20. The number of hydrogen-bond acceptors (Lipinski definition) is 3. The van der Waals surface area contributed by atoms with Gasteiger partial charge in [-0.05, 0) is 36.4 Å². The maximum absolute atomic E-state index is 11.7.